The zero-order valence-corrected chi connectivity index (χ0v) is 20.7. The van der Waals surface area contributed by atoms with E-state index in [2.05, 4.69) is 35.5 Å². The largest absolute Gasteiger partial charge is 0.482 e. The number of carbonyl (C=O) groups is 1. The second-order valence-electron chi connectivity index (χ2n) is 8.86. The zero-order valence-electron chi connectivity index (χ0n) is 20.7. The normalized spacial score (nSPS) is 10.8. The summed E-state index contributed by atoms with van der Waals surface area (Å²) in [4.78, 5) is 23.9. The molecule has 8 nitrogen and oxygen atoms in total. The van der Waals surface area contributed by atoms with Gasteiger partial charge in [-0.1, -0.05) is 48.0 Å². The van der Waals surface area contributed by atoms with Crippen molar-refractivity contribution < 1.29 is 14.5 Å². The SMILES string of the molecule is Cc1cccc(Cn2nc(C)c(NC(=O)c3cccc(COc4ccc(C)cc4[N+](=O)[O-])c3)c2C)c1. The number of ether oxygens (including phenoxy) is 1. The van der Waals surface area contributed by atoms with E-state index in [4.69, 9.17) is 4.74 Å². The van der Waals surface area contributed by atoms with Crippen LogP contribution in [0.2, 0.25) is 0 Å². The third-order valence-corrected chi connectivity index (χ3v) is 5.93. The number of rotatable bonds is 8. The minimum Gasteiger partial charge on any atom is -0.482 e. The number of amides is 1. The number of benzene rings is 3. The fraction of sp³-hybridized carbons (Fsp3) is 0.214. The summed E-state index contributed by atoms with van der Waals surface area (Å²) in [5, 5.41) is 19.0. The lowest BCUT2D eigenvalue weighted by Gasteiger charge is -2.10. The summed E-state index contributed by atoms with van der Waals surface area (Å²) < 4.78 is 7.60. The van der Waals surface area contributed by atoms with E-state index in [1.807, 2.05) is 30.7 Å². The minimum atomic E-state index is -0.462. The van der Waals surface area contributed by atoms with Crippen LogP contribution >= 0.6 is 0 Å². The molecule has 0 spiro atoms. The van der Waals surface area contributed by atoms with Crippen molar-refractivity contribution in [3.05, 3.63) is 116 Å². The van der Waals surface area contributed by atoms with Crippen LogP contribution in [0.4, 0.5) is 11.4 Å². The lowest BCUT2D eigenvalue weighted by molar-refractivity contribution is -0.386. The fourth-order valence-corrected chi connectivity index (χ4v) is 4.06. The summed E-state index contributed by atoms with van der Waals surface area (Å²) in [6.45, 7) is 8.35. The monoisotopic (exact) mass is 484 g/mol. The van der Waals surface area contributed by atoms with Crippen LogP contribution in [-0.4, -0.2) is 20.6 Å². The quantitative estimate of drug-likeness (QED) is 0.248. The topological polar surface area (TPSA) is 99.3 Å². The molecule has 0 aliphatic heterocycles. The van der Waals surface area contributed by atoms with Gasteiger partial charge in [0.15, 0.2) is 5.75 Å². The molecule has 0 aliphatic rings. The smallest absolute Gasteiger partial charge is 0.311 e. The van der Waals surface area contributed by atoms with E-state index in [0.29, 0.717) is 17.8 Å². The van der Waals surface area contributed by atoms with Gasteiger partial charge in [0.05, 0.1) is 28.5 Å². The molecule has 0 unspecified atom stereocenters. The standard InChI is InChI=1S/C28H28N4O4/c1-18-7-5-8-22(13-18)16-31-21(4)27(20(3)30-31)29-28(33)24-10-6-9-23(15-24)17-36-26-12-11-19(2)14-25(26)32(34)35/h5-15H,16-17H2,1-4H3,(H,29,33). The molecule has 1 N–H and O–H groups in total. The molecule has 4 aromatic rings. The van der Waals surface area contributed by atoms with Gasteiger partial charge in [-0.3, -0.25) is 19.6 Å². The van der Waals surface area contributed by atoms with Gasteiger partial charge in [-0.15, -0.1) is 0 Å². The molecule has 4 rings (SSSR count). The molecular weight excluding hydrogens is 456 g/mol. The molecule has 36 heavy (non-hydrogen) atoms. The Bertz CT molecular complexity index is 1440. The van der Waals surface area contributed by atoms with E-state index >= 15 is 0 Å². The van der Waals surface area contributed by atoms with Gasteiger partial charge in [0.25, 0.3) is 5.91 Å². The maximum Gasteiger partial charge on any atom is 0.311 e. The molecule has 1 amide bonds. The Morgan fingerprint density at radius 3 is 2.44 bits per heavy atom. The van der Waals surface area contributed by atoms with E-state index in [9.17, 15) is 14.9 Å². The van der Waals surface area contributed by atoms with Crippen LogP contribution in [0.3, 0.4) is 0 Å². The van der Waals surface area contributed by atoms with E-state index in [0.717, 1.165) is 28.1 Å². The predicted octanol–water partition coefficient (Wildman–Crippen LogP) is 5.90. The van der Waals surface area contributed by atoms with Gasteiger partial charge < -0.3 is 10.1 Å². The van der Waals surface area contributed by atoms with Crippen LogP contribution in [0.5, 0.6) is 5.75 Å². The molecule has 8 heteroatoms. The summed E-state index contributed by atoms with van der Waals surface area (Å²) in [5.74, 6) is -0.0767. The Balaban J connectivity index is 1.47. The number of aryl methyl sites for hydroxylation is 3. The van der Waals surface area contributed by atoms with Gasteiger partial charge in [0.1, 0.15) is 6.61 Å². The molecular formula is C28H28N4O4. The maximum absolute atomic E-state index is 13.1. The van der Waals surface area contributed by atoms with Gasteiger partial charge >= 0.3 is 5.69 Å². The first-order chi connectivity index (χ1) is 17.2. The first kappa shape index (κ1) is 24.7. The number of anilines is 1. The van der Waals surface area contributed by atoms with Crippen LogP contribution in [0.1, 0.15) is 44.0 Å². The summed E-state index contributed by atoms with van der Waals surface area (Å²) in [6.07, 6.45) is 0. The number of nitro groups is 1. The van der Waals surface area contributed by atoms with Crippen LogP contribution in [0, 0.1) is 37.8 Å². The van der Waals surface area contributed by atoms with Gasteiger partial charge in [0.2, 0.25) is 0 Å². The molecule has 0 fully saturated rings. The van der Waals surface area contributed by atoms with Crippen molar-refractivity contribution in [2.45, 2.75) is 40.8 Å². The zero-order chi connectivity index (χ0) is 25.8. The first-order valence-corrected chi connectivity index (χ1v) is 11.6. The van der Waals surface area contributed by atoms with Crippen LogP contribution in [0.25, 0.3) is 0 Å². The van der Waals surface area contributed by atoms with Gasteiger partial charge in [-0.05, 0) is 62.6 Å². The summed E-state index contributed by atoms with van der Waals surface area (Å²) in [5.41, 5.74) is 6.49. The second kappa shape index (κ2) is 10.4. The van der Waals surface area contributed by atoms with Crippen molar-refractivity contribution in [3.8, 4) is 5.75 Å². The third-order valence-electron chi connectivity index (χ3n) is 5.93. The Labute approximate surface area is 209 Å². The number of carbonyl (C=O) groups excluding carboxylic acids is 1. The van der Waals surface area contributed by atoms with Gasteiger partial charge in [0, 0.05) is 11.6 Å². The van der Waals surface area contributed by atoms with Crippen molar-refractivity contribution in [2.75, 3.05) is 5.32 Å². The predicted molar refractivity (Wildman–Crippen MR) is 139 cm³/mol. The molecule has 0 radical (unpaired) electrons. The Morgan fingerprint density at radius 2 is 1.69 bits per heavy atom. The molecule has 0 saturated heterocycles. The summed E-state index contributed by atoms with van der Waals surface area (Å²) in [6, 6.07) is 20.1. The summed E-state index contributed by atoms with van der Waals surface area (Å²) in [7, 11) is 0. The molecule has 3 aromatic carbocycles. The van der Waals surface area contributed by atoms with Crippen molar-refractivity contribution in [1.29, 1.82) is 0 Å². The highest BCUT2D eigenvalue weighted by Gasteiger charge is 2.17. The van der Waals surface area contributed by atoms with Crippen molar-refractivity contribution in [3.63, 3.8) is 0 Å². The van der Waals surface area contributed by atoms with Gasteiger partial charge in [-0.25, -0.2) is 0 Å². The van der Waals surface area contributed by atoms with Crippen molar-refractivity contribution in [1.82, 2.24) is 9.78 Å². The van der Waals surface area contributed by atoms with E-state index in [1.54, 1.807) is 37.3 Å². The molecule has 0 bridgehead atoms. The number of nitrogens with zero attached hydrogens (tertiary/aromatic N) is 3. The fourth-order valence-electron chi connectivity index (χ4n) is 4.06. The first-order valence-electron chi connectivity index (χ1n) is 11.6. The Hall–Kier alpha value is -4.46. The van der Waals surface area contributed by atoms with Crippen LogP contribution < -0.4 is 10.1 Å². The minimum absolute atomic E-state index is 0.0856. The average molecular weight is 485 g/mol. The van der Waals surface area contributed by atoms with E-state index in [1.165, 1.54) is 11.6 Å². The molecule has 0 atom stereocenters. The second-order valence-corrected chi connectivity index (χ2v) is 8.86. The van der Waals surface area contributed by atoms with Gasteiger partial charge in [-0.2, -0.15) is 5.10 Å². The van der Waals surface area contributed by atoms with Crippen molar-refractivity contribution in [2.24, 2.45) is 0 Å². The molecule has 0 aliphatic carbocycles. The van der Waals surface area contributed by atoms with Crippen LogP contribution in [0.15, 0.2) is 66.7 Å². The molecule has 184 valence electrons. The summed E-state index contributed by atoms with van der Waals surface area (Å²) >= 11 is 0. The number of hydrogen-bond donors (Lipinski definition) is 1. The maximum atomic E-state index is 13.1. The molecule has 1 heterocycles. The van der Waals surface area contributed by atoms with Crippen LogP contribution in [-0.2, 0) is 13.2 Å². The van der Waals surface area contributed by atoms with E-state index in [-0.39, 0.29) is 24.0 Å². The highest BCUT2D eigenvalue weighted by Crippen LogP contribution is 2.28. The van der Waals surface area contributed by atoms with E-state index < -0.39 is 4.92 Å². The lowest BCUT2D eigenvalue weighted by Crippen LogP contribution is -2.14. The number of aromatic nitrogens is 2. The Kier molecular flexibility index (Phi) is 7.15. The highest BCUT2D eigenvalue weighted by atomic mass is 16.6. The number of hydrogen-bond acceptors (Lipinski definition) is 5. The Morgan fingerprint density at radius 1 is 0.972 bits per heavy atom. The number of nitro benzene ring substituents is 1. The van der Waals surface area contributed by atoms with Crippen molar-refractivity contribution >= 4 is 17.3 Å². The number of nitrogens with one attached hydrogen (secondary N) is 1. The third kappa shape index (κ3) is 5.60. The molecule has 0 saturated carbocycles. The highest BCUT2D eigenvalue weighted by molar-refractivity contribution is 6.05. The average Bonchev–Trinajstić information content (AvgIpc) is 3.10. The molecule has 1 aromatic heterocycles. The lowest BCUT2D eigenvalue weighted by atomic mass is 10.1.